The zero-order valence-corrected chi connectivity index (χ0v) is 13.7. The number of halogens is 2. The Morgan fingerprint density at radius 2 is 1.73 bits per heavy atom. The van der Waals surface area contributed by atoms with E-state index in [-0.39, 0.29) is 21.2 Å². The van der Waals surface area contributed by atoms with Gasteiger partial charge in [0.15, 0.2) is 0 Å². The molecule has 0 aromatic heterocycles. The number of esters is 1. The number of hydrogen-bond acceptors (Lipinski definition) is 4. The van der Waals surface area contributed by atoms with Crippen molar-refractivity contribution in [1.29, 1.82) is 0 Å². The lowest BCUT2D eigenvalue weighted by Crippen LogP contribution is -2.14. The average Bonchev–Trinajstić information content (AvgIpc) is 2.49. The zero-order valence-electron chi connectivity index (χ0n) is 11.3. The van der Waals surface area contributed by atoms with Gasteiger partial charge in [0, 0.05) is 5.02 Å². The van der Waals surface area contributed by atoms with Gasteiger partial charge in [0.25, 0.3) is 10.0 Å². The summed E-state index contributed by atoms with van der Waals surface area (Å²) in [7, 11) is -2.62. The van der Waals surface area contributed by atoms with E-state index in [0.29, 0.717) is 5.02 Å². The minimum absolute atomic E-state index is 0.0245. The monoisotopic (exact) mass is 359 g/mol. The number of hydrogen-bond donors (Lipinski definition) is 1. The van der Waals surface area contributed by atoms with Gasteiger partial charge in [-0.25, -0.2) is 13.2 Å². The summed E-state index contributed by atoms with van der Waals surface area (Å²) >= 11 is 11.7. The molecule has 0 saturated carbocycles. The fourth-order valence-corrected chi connectivity index (χ4v) is 3.08. The summed E-state index contributed by atoms with van der Waals surface area (Å²) in [4.78, 5) is 11.5. The maximum Gasteiger partial charge on any atom is 0.337 e. The fourth-order valence-electron chi connectivity index (χ4n) is 1.67. The summed E-state index contributed by atoms with van der Waals surface area (Å²) in [5.74, 6) is -0.594. The van der Waals surface area contributed by atoms with Gasteiger partial charge in [0.05, 0.1) is 28.3 Å². The lowest BCUT2D eigenvalue weighted by molar-refractivity contribution is 0.0601. The van der Waals surface area contributed by atoms with Crippen LogP contribution in [0.1, 0.15) is 10.4 Å². The molecular formula is C14H11Cl2NO4S. The Hall–Kier alpha value is -1.76. The molecule has 0 radical (unpaired) electrons. The van der Waals surface area contributed by atoms with Gasteiger partial charge in [0.2, 0.25) is 0 Å². The molecule has 2 rings (SSSR count). The van der Waals surface area contributed by atoms with Crippen molar-refractivity contribution in [3.8, 4) is 0 Å². The summed E-state index contributed by atoms with van der Waals surface area (Å²) in [6, 6.07) is 9.81. The topological polar surface area (TPSA) is 72.5 Å². The molecule has 0 saturated heterocycles. The van der Waals surface area contributed by atoms with E-state index in [1.165, 1.54) is 49.6 Å². The quantitative estimate of drug-likeness (QED) is 0.846. The molecule has 0 bridgehead atoms. The molecule has 116 valence electrons. The number of nitrogens with one attached hydrogen (secondary N) is 1. The molecule has 0 unspecified atom stereocenters. The van der Waals surface area contributed by atoms with Gasteiger partial charge in [-0.05, 0) is 42.5 Å². The summed E-state index contributed by atoms with van der Waals surface area (Å²) in [6.45, 7) is 0. The molecule has 2 aromatic carbocycles. The van der Waals surface area contributed by atoms with Crippen LogP contribution < -0.4 is 4.72 Å². The van der Waals surface area contributed by atoms with Gasteiger partial charge >= 0.3 is 5.97 Å². The number of carbonyl (C=O) groups is 1. The zero-order chi connectivity index (χ0) is 16.3. The van der Waals surface area contributed by atoms with E-state index in [2.05, 4.69) is 9.46 Å². The first-order valence-corrected chi connectivity index (χ1v) is 8.23. The van der Waals surface area contributed by atoms with Crippen LogP contribution >= 0.6 is 23.2 Å². The Bertz CT molecular complexity index is 804. The van der Waals surface area contributed by atoms with E-state index < -0.39 is 16.0 Å². The molecule has 0 spiro atoms. The fraction of sp³-hybridized carbons (Fsp3) is 0.0714. The third kappa shape index (κ3) is 3.71. The van der Waals surface area contributed by atoms with Gasteiger partial charge in [0.1, 0.15) is 0 Å². The minimum Gasteiger partial charge on any atom is -0.465 e. The summed E-state index contributed by atoms with van der Waals surface area (Å²) in [5, 5.41) is 0.579. The second-order valence-electron chi connectivity index (χ2n) is 4.25. The van der Waals surface area contributed by atoms with Crippen molar-refractivity contribution in [2.75, 3.05) is 11.8 Å². The van der Waals surface area contributed by atoms with E-state index in [9.17, 15) is 13.2 Å². The molecule has 0 atom stereocenters. The van der Waals surface area contributed by atoms with E-state index in [0.717, 1.165) is 0 Å². The van der Waals surface area contributed by atoms with Crippen molar-refractivity contribution >= 4 is 44.9 Å². The molecule has 0 aliphatic heterocycles. The van der Waals surface area contributed by atoms with Crippen molar-refractivity contribution in [3.05, 3.63) is 58.1 Å². The standard InChI is InChI=1S/C14H11Cl2NO4S/c1-21-14(18)9-2-7-12(16)13(8-9)17-22(19,20)11-5-3-10(15)4-6-11/h2-8,17H,1H3. The molecule has 0 heterocycles. The molecule has 5 nitrogen and oxygen atoms in total. The van der Waals surface area contributed by atoms with E-state index in [1.807, 2.05) is 0 Å². The highest BCUT2D eigenvalue weighted by atomic mass is 35.5. The number of sulfonamides is 1. The number of benzene rings is 2. The van der Waals surface area contributed by atoms with Gasteiger partial charge in [-0.3, -0.25) is 4.72 Å². The number of ether oxygens (including phenoxy) is 1. The third-order valence-electron chi connectivity index (χ3n) is 2.76. The van der Waals surface area contributed by atoms with Crippen molar-refractivity contribution in [2.24, 2.45) is 0 Å². The van der Waals surface area contributed by atoms with Crippen LogP contribution in [0.3, 0.4) is 0 Å². The minimum atomic E-state index is -3.85. The van der Waals surface area contributed by atoms with Crippen molar-refractivity contribution < 1.29 is 17.9 Å². The van der Waals surface area contributed by atoms with Crippen LogP contribution in [0.2, 0.25) is 10.0 Å². The Morgan fingerprint density at radius 1 is 1.09 bits per heavy atom. The van der Waals surface area contributed by atoms with Crippen LogP contribution in [0, 0.1) is 0 Å². The first-order valence-electron chi connectivity index (χ1n) is 6.00. The van der Waals surface area contributed by atoms with Gasteiger partial charge in [-0.2, -0.15) is 0 Å². The molecule has 22 heavy (non-hydrogen) atoms. The third-order valence-corrected chi connectivity index (χ3v) is 4.72. The van der Waals surface area contributed by atoms with Crippen LogP contribution in [0.5, 0.6) is 0 Å². The SMILES string of the molecule is COC(=O)c1ccc(Cl)c(NS(=O)(=O)c2ccc(Cl)cc2)c1. The second kappa shape index (κ2) is 6.56. The average molecular weight is 360 g/mol. The highest BCUT2D eigenvalue weighted by Crippen LogP contribution is 2.26. The van der Waals surface area contributed by atoms with Crippen molar-refractivity contribution in [3.63, 3.8) is 0 Å². The summed E-state index contributed by atoms with van der Waals surface area (Å²) < 4.78 is 31.5. The highest BCUT2D eigenvalue weighted by Gasteiger charge is 2.17. The number of anilines is 1. The van der Waals surface area contributed by atoms with Gasteiger partial charge in [-0.15, -0.1) is 0 Å². The predicted molar refractivity (Wildman–Crippen MR) is 85.1 cm³/mol. The van der Waals surface area contributed by atoms with E-state index in [4.69, 9.17) is 23.2 Å². The van der Waals surface area contributed by atoms with Crippen molar-refractivity contribution in [2.45, 2.75) is 4.90 Å². The summed E-state index contributed by atoms with van der Waals surface area (Å²) in [6.07, 6.45) is 0. The lowest BCUT2D eigenvalue weighted by atomic mass is 10.2. The van der Waals surface area contributed by atoms with Gasteiger partial charge in [-0.1, -0.05) is 23.2 Å². The maximum atomic E-state index is 12.3. The molecular weight excluding hydrogens is 349 g/mol. The van der Waals surface area contributed by atoms with Crippen LogP contribution in [0.4, 0.5) is 5.69 Å². The molecule has 0 amide bonds. The number of methoxy groups -OCH3 is 1. The van der Waals surface area contributed by atoms with Crippen LogP contribution in [-0.2, 0) is 14.8 Å². The molecule has 0 fully saturated rings. The first-order chi connectivity index (χ1) is 10.3. The molecule has 2 aromatic rings. The number of carbonyl (C=O) groups excluding carboxylic acids is 1. The van der Waals surface area contributed by atoms with E-state index in [1.54, 1.807) is 0 Å². The highest BCUT2D eigenvalue weighted by molar-refractivity contribution is 7.92. The predicted octanol–water partition coefficient (Wildman–Crippen LogP) is 3.58. The number of rotatable bonds is 4. The molecule has 0 aliphatic rings. The van der Waals surface area contributed by atoms with Crippen LogP contribution in [-0.4, -0.2) is 21.5 Å². The Labute approximate surface area is 137 Å². The van der Waals surface area contributed by atoms with E-state index >= 15 is 0 Å². The Balaban J connectivity index is 2.37. The molecule has 1 N–H and O–H groups in total. The molecule has 0 aliphatic carbocycles. The van der Waals surface area contributed by atoms with Crippen LogP contribution in [0.15, 0.2) is 47.4 Å². The Kier molecular flexibility index (Phi) is 4.95. The summed E-state index contributed by atoms with van der Waals surface area (Å²) in [5.41, 5.74) is 0.264. The largest absolute Gasteiger partial charge is 0.465 e. The van der Waals surface area contributed by atoms with Gasteiger partial charge < -0.3 is 4.74 Å². The first kappa shape index (κ1) is 16.6. The van der Waals surface area contributed by atoms with Crippen LogP contribution in [0.25, 0.3) is 0 Å². The van der Waals surface area contributed by atoms with Crippen molar-refractivity contribution in [1.82, 2.24) is 0 Å². The smallest absolute Gasteiger partial charge is 0.337 e. The lowest BCUT2D eigenvalue weighted by Gasteiger charge is -2.11. The molecule has 8 heteroatoms. The second-order valence-corrected chi connectivity index (χ2v) is 6.77. The maximum absolute atomic E-state index is 12.3. The Morgan fingerprint density at radius 3 is 2.32 bits per heavy atom. The normalized spacial score (nSPS) is 11.0.